The van der Waals surface area contributed by atoms with Crippen molar-refractivity contribution < 1.29 is 0 Å². The van der Waals surface area contributed by atoms with Crippen molar-refractivity contribution in [2.24, 2.45) is 5.41 Å². The van der Waals surface area contributed by atoms with Crippen molar-refractivity contribution in [2.45, 2.75) is 175 Å². The van der Waals surface area contributed by atoms with Crippen LogP contribution in [0.2, 0.25) is 0 Å². The Labute approximate surface area is 204 Å². The number of hydrogen-bond acceptors (Lipinski definition) is 0. The Hall–Kier alpha value is -0.520. The lowest BCUT2D eigenvalue weighted by Gasteiger charge is -2.33. The molecule has 0 nitrogen and oxygen atoms in total. The molecule has 0 heteroatoms. The molecule has 0 unspecified atom stereocenters. The van der Waals surface area contributed by atoms with Crippen LogP contribution in [0.3, 0.4) is 0 Å². The molecule has 0 fully saturated rings. The highest BCUT2D eigenvalue weighted by Gasteiger charge is 2.34. The number of unbranched alkanes of at least 4 members (excludes halogenated alkanes) is 17. The fourth-order valence-electron chi connectivity index (χ4n) is 5.80. The summed E-state index contributed by atoms with van der Waals surface area (Å²) in [7, 11) is 0. The zero-order valence-corrected chi connectivity index (χ0v) is 22.9. The number of allylic oxidation sites excluding steroid dienone is 4. The summed E-state index contributed by atoms with van der Waals surface area (Å²) < 4.78 is 0. The van der Waals surface area contributed by atoms with E-state index in [1.807, 2.05) is 5.57 Å². The zero-order chi connectivity index (χ0) is 23.3. The van der Waals surface area contributed by atoms with Gasteiger partial charge in [-0.25, -0.2) is 0 Å². The van der Waals surface area contributed by atoms with Crippen LogP contribution in [0.4, 0.5) is 0 Å². The molecule has 0 bridgehead atoms. The second-order valence-corrected chi connectivity index (χ2v) is 10.9. The lowest BCUT2D eigenvalue weighted by atomic mass is 9.72. The van der Waals surface area contributed by atoms with E-state index in [0.29, 0.717) is 5.41 Å². The molecule has 0 amide bonds. The summed E-state index contributed by atoms with van der Waals surface area (Å²) in [6.45, 7) is 9.36. The molecule has 0 spiro atoms. The molecule has 0 aromatic carbocycles. The molecule has 1 aliphatic carbocycles. The van der Waals surface area contributed by atoms with E-state index >= 15 is 0 Å². The van der Waals surface area contributed by atoms with Crippen LogP contribution in [0.25, 0.3) is 0 Å². The highest BCUT2D eigenvalue weighted by atomic mass is 14.4. The standard InChI is InChI=1S/C32H60/c1-5-8-11-14-17-18-19-22-25-31-30(4)26-29-32(31,27-23-20-15-12-9-6-2)28-24-21-16-13-10-7-3/h26,29H,5-25,27-28H2,1-4H3. The van der Waals surface area contributed by atoms with E-state index in [1.54, 1.807) is 5.57 Å². The fourth-order valence-corrected chi connectivity index (χ4v) is 5.80. The number of rotatable bonds is 23. The lowest BCUT2D eigenvalue weighted by molar-refractivity contribution is 0.343. The van der Waals surface area contributed by atoms with Crippen LogP contribution < -0.4 is 0 Å². The molecule has 0 aromatic heterocycles. The third-order valence-corrected chi connectivity index (χ3v) is 7.96. The van der Waals surface area contributed by atoms with Crippen molar-refractivity contribution in [1.82, 2.24) is 0 Å². The molecule has 188 valence electrons. The second-order valence-electron chi connectivity index (χ2n) is 10.9. The third-order valence-electron chi connectivity index (χ3n) is 7.96. The van der Waals surface area contributed by atoms with E-state index < -0.39 is 0 Å². The summed E-state index contributed by atoms with van der Waals surface area (Å²) >= 11 is 0. The monoisotopic (exact) mass is 444 g/mol. The Bertz CT molecular complexity index is 464. The normalized spacial score (nSPS) is 15.2. The van der Waals surface area contributed by atoms with Gasteiger partial charge in [0.1, 0.15) is 0 Å². The molecule has 0 saturated carbocycles. The van der Waals surface area contributed by atoms with Gasteiger partial charge in [0.05, 0.1) is 0 Å². The molecular formula is C32H60. The molecule has 1 aliphatic rings. The minimum Gasteiger partial charge on any atom is -0.0740 e. The van der Waals surface area contributed by atoms with Crippen LogP contribution in [-0.2, 0) is 0 Å². The molecular weight excluding hydrogens is 384 g/mol. The maximum Gasteiger partial charge on any atom is 0.00996 e. The Morgan fingerprint density at radius 2 is 0.875 bits per heavy atom. The predicted octanol–water partition coefficient (Wildman–Crippen LogP) is 11.9. The zero-order valence-electron chi connectivity index (χ0n) is 22.9. The van der Waals surface area contributed by atoms with Crippen LogP contribution in [-0.4, -0.2) is 0 Å². The molecule has 32 heavy (non-hydrogen) atoms. The molecule has 0 aromatic rings. The second kappa shape index (κ2) is 19.9. The summed E-state index contributed by atoms with van der Waals surface area (Å²) in [5.74, 6) is 0. The average Bonchev–Trinajstić information content (AvgIpc) is 3.10. The van der Waals surface area contributed by atoms with E-state index in [-0.39, 0.29) is 0 Å². The van der Waals surface area contributed by atoms with Gasteiger partial charge in [-0.2, -0.15) is 0 Å². The molecule has 0 aliphatic heterocycles. The maximum atomic E-state index is 2.65. The molecule has 0 radical (unpaired) electrons. The van der Waals surface area contributed by atoms with E-state index in [9.17, 15) is 0 Å². The highest BCUT2D eigenvalue weighted by Crippen LogP contribution is 2.48. The fraction of sp³-hybridized carbons (Fsp3) is 0.875. The first-order valence-electron chi connectivity index (χ1n) is 15.1. The van der Waals surface area contributed by atoms with E-state index in [2.05, 4.69) is 39.8 Å². The summed E-state index contributed by atoms with van der Waals surface area (Å²) in [6, 6.07) is 0. The summed E-state index contributed by atoms with van der Waals surface area (Å²) in [6.07, 6.45) is 37.8. The Morgan fingerprint density at radius 1 is 0.500 bits per heavy atom. The van der Waals surface area contributed by atoms with Gasteiger partial charge in [-0.1, -0.05) is 166 Å². The van der Waals surface area contributed by atoms with Crippen molar-refractivity contribution in [1.29, 1.82) is 0 Å². The minimum absolute atomic E-state index is 0.417. The van der Waals surface area contributed by atoms with E-state index in [0.717, 1.165) is 0 Å². The maximum absolute atomic E-state index is 2.65. The molecule has 0 saturated heterocycles. The number of hydrogen-bond donors (Lipinski definition) is 0. The van der Waals surface area contributed by atoms with Crippen LogP contribution >= 0.6 is 0 Å². The van der Waals surface area contributed by atoms with Gasteiger partial charge in [0, 0.05) is 5.41 Å². The summed E-state index contributed by atoms with van der Waals surface area (Å²) in [5.41, 5.74) is 3.87. The first kappa shape index (κ1) is 29.5. The lowest BCUT2D eigenvalue weighted by Crippen LogP contribution is -2.20. The van der Waals surface area contributed by atoms with Crippen molar-refractivity contribution >= 4 is 0 Å². The molecule has 0 heterocycles. The molecule has 1 rings (SSSR count). The quantitative estimate of drug-likeness (QED) is 0.137. The topological polar surface area (TPSA) is 0 Å². The Balaban J connectivity index is 2.51. The van der Waals surface area contributed by atoms with Crippen molar-refractivity contribution in [2.75, 3.05) is 0 Å². The molecule has 0 atom stereocenters. The van der Waals surface area contributed by atoms with Gasteiger partial charge >= 0.3 is 0 Å². The van der Waals surface area contributed by atoms with Crippen molar-refractivity contribution in [3.8, 4) is 0 Å². The summed E-state index contributed by atoms with van der Waals surface area (Å²) in [5, 5.41) is 0. The highest BCUT2D eigenvalue weighted by molar-refractivity contribution is 5.40. The SMILES string of the molecule is CCCCCCCCCCC1=C(C)C=CC1(CCCCCCCC)CCCCCCCC. The van der Waals surface area contributed by atoms with Crippen LogP contribution in [0.1, 0.15) is 175 Å². The van der Waals surface area contributed by atoms with Gasteiger partial charge in [-0.15, -0.1) is 0 Å². The van der Waals surface area contributed by atoms with Gasteiger partial charge in [0.25, 0.3) is 0 Å². The minimum atomic E-state index is 0.417. The average molecular weight is 445 g/mol. The first-order valence-corrected chi connectivity index (χ1v) is 15.1. The predicted molar refractivity (Wildman–Crippen MR) is 147 cm³/mol. The van der Waals surface area contributed by atoms with Gasteiger partial charge in [-0.3, -0.25) is 0 Å². The van der Waals surface area contributed by atoms with E-state index in [1.165, 1.54) is 148 Å². The smallest absolute Gasteiger partial charge is 0.00996 e. The van der Waals surface area contributed by atoms with Crippen molar-refractivity contribution in [3.05, 3.63) is 23.3 Å². The summed E-state index contributed by atoms with van der Waals surface area (Å²) in [4.78, 5) is 0. The van der Waals surface area contributed by atoms with Crippen molar-refractivity contribution in [3.63, 3.8) is 0 Å². The molecule has 0 N–H and O–H groups in total. The third kappa shape index (κ3) is 12.6. The first-order chi connectivity index (χ1) is 15.7. The van der Waals surface area contributed by atoms with E-state index in [4.69, 9.17) is 0 Å². The van der Waals surface area contributed by atoms with Crippen LogP contribution in [0.15, 0.2) is 23.3 Å². The van der Waals surface area contributed by atoms with Gasteiger partial charge < -0.3 is 0 Å². The Morgan fingerprint density at radius 3 is 1.31 bits per heavy atom. The van der Waals surface area contributed by atoms with Gasteiger partial charge in [0.2, 0.25) is 0 Å². The Kier molecular flexibility index (Phi) is 18.4. The largest absolute Gasteiger partial charge is 0.0740 e. The van der Waals surface area contributed by atoms with Crippen LogP contribution in [0.5, 0.6) is 0 Å². The van der Waals surface area contributed by atoms with Crippen LogP contribution in [0, 0.1) is 5.41 Å². The van der Waals surface area contributed by atoms with Gasteiger partial charge in [-0.05, 0) is 32.6 Å². The van der Waals surface area contributed by atoms with Gasteiger partial charge in [0.15, 0.2) is 0 Å².